The highest BCUT2D eigenvalue weighted by atomic mass is 35.5. The molecule has 0 radical (unpaired) electrons. The minimum atomic E-state index is -0.242. The number of amides is 1. The first-order valence-corrected chi connectivity index (χ1v) is 8.86. The molecule has 2 aromatic carbocycles. The molecule has 1 aliphatic carbocycles. The number of aromatic hydroxyl groups is 1. The van der Waals surface area contributed by atoms with Gasteiger partial charge in [-0.25, -0.2) is 4.39 Å². The largest absolute Gasteiger partial charge is 0.506 e. The van der Waals surface area contributed by atoms with Crippen LogP contribution in [-0.2, 0) is 16.6 Å². The van der Waals surface area contributed by atoms with Crippen molar-refractivity contribution in [1.82, 2.24) is 5.32 Å². The SMILES string of the molecule is O=C(Cc1ccc(O)c(Cl)c1)NCC1(c2cccc(F)c2)CCCC1. The average molecular weight is 362 g/mol. The summed E-state index contributed by atoms with van der Waals surface area (Å²) < 4.78 is 13.6. The summed E-state index contributed by atoms with van der Waals surface area (Å²) in [5.74, 6) is -0.347. The van der Waals surface area contributed by atoms with Gasteiger partial charge >= 0.3 is 0 Å². The van der Waals surface area contributed by atoms with Gasteiger partial charge in [0.2, 0.25) is 5.91 Å². The van der Waals surface area contributed by atoms with E-state index in [1.54, 1.807) is 24.3 Å². The number of carbonyl (C=O) groups excluding carboxylic acids is 1. The van der Waals surface area contributed by atoms with E-state index in [-0.39, 0.29) is 34.3 Å². The maximum atomic E-state index is 13.6. The number of carbonyl (C=O) groups is 1. The van der Waals surface area contributed by atoms with E-state index in [0.717, 1.165) is 36.8 Å². The molecular formula is C20H21ClFNO2. The predicted octanol–water partition coefficient (Wildman–Crippen LogP) is 4.36. The fraction of sp³-hybridized carbons (Fsp3) is 0.350. The number of nitrogens with one attached hydrogen (secondary N) is 1. The second-order valence-electron chi connectivity index (χ2n) is 6.74. The summed E-state index contributed by atoms with van der Waals surface area (Å²) in [5.41, 5.74) is 1.51. The molecule has 3 nitrogen and oxygen atoms in total. The molecule has 2 aromatic rings. The highest BCUT2D eigenvalue weighted by molar-refractivity contribution is 6.32. The molecule has 0 heterocycles. The van der Waals surface area contributed by atoms with E-state index in [1.807, 2.05) is 6.07 Å². The molecule has 0 atom stereocenters. The van der Waals surface area contributed by atoms with Crippen LogP contribution >= 0.6 is 11.6 Å². The highest BCUT2D eigenvalue weighted by Gasteiger charge is 2.36. The summed E-state index contributed by atoms with van der Waals surface area (Å²) in [6.45, 7) is 0.501. The number of hydrogen-bond donors (Lipinski definition) is 2. The summed E-state index contributed by atoms with van der Waals surface area (Å²) in [7, 11) is 0. The normalized spacial score (nSPS) is 15.9. The summed E-state index contributed by atoms with van der Waals surface area (Å²) >= 11 is 5.88. The lowest BCUT2D eigenvalue weighted by atomic mass is 9.78. The topological polar surface area (TPSA) is 49.3 Å². The maximum Gasteiger partial charge on any atom is 0.224 e. The Morgan fingerprint density at radius 2 is 1.96 bits per heavy atom. The Hall–Kier alpha value is -2.07. The van der Waals surface area contributed by atoms with E-state index < -0.39 is 0 Å². The number of halogens is 2. The van der Waals surface area contributed by atoms with Crippen molar-refractivity contribution in [2.45, 2.75) is 37.5 Å². The van der Waals surface area contributed by atoms with Gasteiger partial charge in [0.1, 0.15) is 11.6 Å². The number of hydrogen-bond acceptors (Lipinski definition) is 2. The molecule has 0 saturated heterocycles. The van der Waals surface area contributed by atoms with Crippen LogP contribution in [0.4, 0.5) is 4.39 Å². The standard InChI is InChI=1S/C20H21ClFNO2/c21-17-10-14(6-7-18(17)24)11-19(25)23-13-20(8-1-2-9-20)15-4-3-5-16(22)12-15/h3-7,10,12,24H,1-2,8-9,11,13H2,(H,23,25). The van der Waals surface area contributed by atoms with Crippen LogP contribution in [0.15, 0.2) is 42.5 Å². The first kappa shape index (κ1) is 17.7. The van der Waals surface area contributed by atoms with Crippen LogP contribution in [0.3, 0.4) is 0 Å². The van der Waals surface area contributed by atoms with E-state index in [0.29, 0.717) is 6.54 Å². The lowest BCUT2D eigenvalue weighted by Gasteiger charge is -2.30. The van der Waals surface area contributed by atoms with Crippen molar-refractivity contribution in [2.24, 2.45) is 0 Å². The summed E-state index contributed by atoms with van der Waals surface area (Å²) in [6, 6.07) is 11.4. The molecule has 2 N–H and O–H groups in total. The van der Waals surface area contributed by atoms with E-state index >= 15 is 0 Å². The van der Waals surface area contributed by atoms with Gasteiger partial charge in [-0.3, -0.25) is 4.79 Å². The number of phenols is 1. The molecule has 5 heteroatoms. The molecule has 0 bridgehead atoms. The van der Waals surface area contributed by atoms with Crippen molar-refractivity contribution in [3.8, 4) is 5.75 Å². The third kappa shape index (κ3) is 4.13. The molecule has 1 aliphatic rings. The first-order chi connectivity index (χ1) is 12.0. The van der Waals surface area contributed by atoms with E-state index in [9.17, 15) is 14.3 Å². The van der Waals surface area contributed by atoms with Crippen LogP contribution < -0.4 is 5.32 Å². The maximum absolute atomic E-state index is 13.6. The quantitative estimate of drug-likeness (QED) is 0.831. The van der Waals surface area contributed by atoms with Crippen LogP contribution in [0.2, 0.25) is 5.02 Å². The van der Waals surface area contributed by atoms with Crippen molar-refractivity contribution < 1.29 is 14.3 Å². The summed E-state index contributed by atoms with van der Waals surface area (Å²) in [6.07, 6.45) is 4.25. The second-order valence-corrected chi connectivity index (χ2v) is 7.14. The van der Waals surface area contributed by atoms with Gasteiger partial charge in [0.05, 0.1) is 11.4 Å². The molecule has 25 heavy (non-hydrogen) atoms. The number of rotatable bonds is 5. The van der Waals surface area contributed by atoms with Crippen LogP contribution in [-0.4, -0.2) is 17.6 Å². The fourth-order valence-corrected chi connectivity index (χ4v) is 3.82. The molecule has 0 unspecified atom stereocenters. The van der Waals surface area contributed by atoms with Gasteiger partial charge in [-0.2, -0.15) is 0 Å². The lowest BCUT2D eigenvalue weighted by Crippen LogP contribution is -2.39. The Morgan fingerprint density at radius 3 is 2.64 bits per heavy atom. The van der Waals surface area contributed by atoms with Crippen molar-refractivity contribution in [3.05, 3.63) is 64.4 Å². The third-order valence-electron chi connectivity index (χ3n) is 5.00. The molecule has 0 spiro atoms. The lowest BCUT2D eigenvalue weighted by molar-refractivity contribution is -0.120. The third-order valence-corrected chi connectivity index (χ3v) is 5.30. The molecule has 1 amide bonds. The number of phenolic OH excluding ortho intramolecular Hbond substituents is 1. The Kier molecular flexibility index (Phi) is 5.28. The molecule has 1 fully saturated rings. The zero-order valence-corrected chi connectivity index (χ0v) is 14.7. The minimum Gasteiger partial charge on any atom is -0.506 e. The first-order valence-electron chi connectivity index (χ1n) is 8.49. The monoisotopic (exact) mass is 361 g/mol. The molecular weight excluding hydrogens is 341 g/mol. The highest BCUT2D eigenvalue weighted by Crippen LogP contribution is 2.40. The molecule has 0 aliphatic heterocycles. The Bertz CT molecular complexity index is 772. The van der Waals surface area contributed by atoms with Crippen LogP contribution in [0, 0.1) is 5.82 Å². The van der Waals surface area contributed by atoms with Gasteiger partial charge < -0.3 is 10.4 Å². The van der Waals surface area contributed by atoms with Crippen molar-refractivity contribution >= 4 is 17.5 Å². The van der Waals surface area contributed by atoms with Crippen molar-refractivity contribution in [1.29, 1.82) is 0 Å². The van der Waals surface area contributed by atoms with Crippen LogP contribution in [0.25, 0.3) is 0 Å². The molecule has 3 rings (SSSR count). The Morgan fingerprint density at radius 1 is 1.20 bits per heavy atom. The molecule has 1 saturated carbocycles. The second kappa shape index (κ2) is 7.44. The number of benzene rings is 2. The van der Waals surface area contributed by atoms with E-state index in [4.69, 9.17) is 11.6 Å². The van der Waals surface area contributed by atoms with Gasteiger partial charge in [-0.15, -0.1) is 0 Å². The summed E-state index contributed by atoms with van der Waals surface area (Å²) in [5, 5.41) is 12.7. The molecule has 132 valence electrons. The van der Waals surface area contributed by atoms with Crippen LogP contribution in [0.1, 0.15) is 36.8 Å². The summed E-state index contributed by atoms with van der Waals surface area (Å²) in [4.78, 5) is 12.3. The van der Waals surface area contributed by atoms with Gasteiger partial charge in [0, 0.05) is 12.0 Å². The van der Waals surface area contributed by atoms with Crippen molar-refractivity contribution in [2.75, 3.05) is 6.54 Å². The van der Waals surface area contributed by atoms with Crippen LogP contribution in [0.5, 0.6) is 5.75 Å². The van der Waals surface area contributed by atoms with Gasteiger partial charge in [0.25, 0.3) is 0 Å². The fourth-order valence-electron chi connectivity index (χ4n) is 3.61. The Balaban J connectivity index is 1.67. The molecule has 0 aromatic heterocycles. The average Bonchev–Trinajstić information content (AvgIpc) is 3.07. The predicted molar refractivity (Wildman–Crippen MR) is 96.4 cm³/mol. The smallest absolute Gasteiger partial charge is 0.224 e. The van der Waals surface area contributed by atoms with E-state index in [1.165, 1.54) is 12.1 Å². The van der Waals surface area contributed by atoms with E-state index in [2.05, 4.69) is 5.32 Å². The zero-order chi connectivity index (χ0) is 17.9. The minimum absolute atomic E-state index is 0.00170. The Labute approximate surface area is 151 Å². The van der Waals surface area contributed by atoms with Crippen molar-refractivity contribution in [3.63, 3.8) is 0 Å². The van der Waals surface area contributed by atoms with Gasteiger partial charge in [-0.1, -0.05) is 42.6 Å². The van der Waals surface area contributed by atoms with Gasteiger partial charge in [-0.05, 0) is 48.2 Å². The zero-order valence-electron chi connectivity index (χ0n) is 13.9. The van der Waals surface area contributed by atoms with Gasteiger partial charge in [0.15, 0.2) is 0 Å².